The lowest BCUT2D eigenvalue weighted by molar-refractivity contribution is -0.154. The fraction of sp³-hybridized carbons (Fsp3) is 0.762. The number of allylic oxidation sites excluding steroid dienone is 2. The summed E-state index contributed by atoms with van der Waals surface area (Å²) >= 11 is 0. The van der Waals surface area contributed by atoms with Gasteiger partial charge in [-0.05, 0) is 58.3 Å². The van der Waals surface area contributed by atoms with Gasteiger partial charge in [-0.15, -0.1) is 0 Å². The van der Waals surface area contributed by atoms with E-state index in [4.69, 9.17) is 4.74 Å². The fourth-order valence-corrected chi connectivity index (χ4v) is 2.86. The summed E-state index contributed by atoms with van der Waals surface area (Å²) in [6.07, 6.45) is 5.42. The van der Waals surface area contributed by atoms with Crippen LogP contribution in [0.4, 0.5) is 0 Å². The van der Waals surface area contributed by atoms with E-state index < -0.39 is 12.0 Å². The van der Waals surface area contributed by atoms with Gasteiger partial charge >= 0.3 is 5.97 Å². The Hall–Kier alpha value is -1.65. The number of rotatable bonds is 12. The molecule has 0 spiro atoms. The van der Waals surface area contributed by atoms with Crippen LogP contribution in [0.3, 0.4) is 0 Å². The maximum absolute atomic E-state index is 12.6. The van der Waals surface area contributed by atoms with Gasteiger partial charge in [0.15, 0.2) is 0 Å². The number of methoxy groups -OCH3 is 1. The number of Topliss-reactive ketones (excluding diaryl/α,β-unsaturated/α-hetero) is 1. The van der Waals surface area contributed by atoms with Gasteiger partial charge in [0.05, 0.1) is 13.5 Å². The number of carbonyl (C=O) groups excluding carboxylic acids is 3. The van der Waals surface area contributed by atoms with Crippen LogP contribution in [0.1, 0.15) is 73.6 Å². The Labute approximate surface area is 159 Å². The van der Waals surface area contributed by atoms with Crippen molar-refractivity contribution in [1.82, 2.24) is 4.90 Å². The molecule has 0 N–H and O–H groups in total. The minimum atomic E-state index is -0.628. The molecule has 2 atom stereocenters. The highest BCUT2D eigenvalue weighted by atomic mass is 16.5. The number of amides is 1. The molecule has 150 valence electrons. The Balaban J connectivity index is 5.13. The maximum Gasteiger partial charge on any atom is 0.328 e. The molecule has 0 aliphatic heterocycles. The van der Waals surface area contributed by atoms with Crippen molar-refractivity contribution in [2.75, 3.05) is 13.7 Å². The zero-order valence-corrected chi connectivity index (χ0v) is 17.6. The molecule has 0 fully saturated rings. The molecule has 0 aliphatic rings. The topological polar surface area (TPSA) is 63.7 Å². The molecule has 5 nitrogen and oxygen atoms in total. The van der Waals surface area contributed by atoms with Crippen LogP contribution < -0.4 is 0 Å². The van der Waals surface area contributed by atoms with E-state index in [-0.39, 0.29) is 24.0 Å². The molecule has 1 amide bonds. The van der Waals surface area contributed by atoms with Gasteiger partial charge in [-0.2, -0.15) is 0 Å². The number of esters is 1. The van der Waals surface area contributed by atoms with Crippen molar-refractivity contribution >= 4 is 17.7 Å². The molecule has 1 unspecified atom stereocenters. The van der Waals surface area contributed by atoms with Crippen LogP contribution in [-0.2, 0) is 19.1 Å². The lowest BCUT2D eigenvalue weighted by Crippen LogP contribution is -2.47. The highest BCUT2D eigenvalue weighted by molar-refractivity contribution is 5.98. The standard InChI is InChI=1S/C21H37NO4/c1-15(2)9-8-10-17(5)11-12-22(20(24)14-18(6)23)19(13-16(3)4)21(25)26-7/h9,16-17,19H,8,10-14H2,1-7H3/t17?,19-/m0/s1. The summed E-state index contributed by atoms with van der Waals surface area (Å²) in [5.74, 6) is -0.222. The van der Waals surface area contributed by atoms with E-state index in [2.05, 4.69) is 26.8 Å². The number of hydrogen-bond donors (Lipinski definition) is 0. The normalized spacial score (nSPS) is 13.1. The van der Waals surface area contributed by atoms with Crippen LogP contribution in [0.2, 0.25) is 0 Å². The quantitative estimate of drug-likeness (QED) is 0.295. The van der Waals surface area contributed by atoms with Crippen LogP contribution in [0.15, 0.2) is 11.6 Å². The Kier molecular flexibility index (Phi) is 11.9. The third-order valence-electron chi connectivity index (χ3n) is 4.34. The second-order valence-electron chi connectivity index (χ2n) is 7.89. The van der Waals surface area contributed by atoms with Crippen molar-refractivity contribution in [2.24, 2.45) is 11.8 Å². The third-order valence-corrected chi connectivity index (χ3v) is 4.34. The average Bonchev–Trinajstić information content (AvgIpc) is 2.51. The van der Waals surface area contributed by atoms with E-state index in [1.807, 2.05) is 13.8 Å². The van der Waals surface area contributed by atoms with E-state index in [9.17, 15) is 14.4 Å². The summed E-state index contributed by atoms with van der Waals surface area (Å²) in [4.78, 5) is 37.8. The van der Waals surface area contributed by atoms with Gasteiger partial charge < -0.3 is 9.64 Å². The first kappa shape index (κ1) is 24.4. The zero-order chi connectivity index (χ0) is 20.3. The van der Waals surface area contributed by atoms with Crippen molar-refractivity contribution in [1.29, 1.82) is 0 Å². The molecular formula is C21H37NO4. The summed E-state index contributed by atoms with van der Waals surface area (Å²) in [5, 5.41) is 0. The Bertz CT molecular complexity index is 492. The molecule has 0 rings (SSSR count). The van der Waals surface area contributed by atoms with Crippen molar-refractivity contribution in [3.8, 4) is 0 Å². The van der Waals surface area contributed by atoms with Gasteiger partial charge in [-0.25, -0.2) is 4.79 Å². The molecule has 0 aromatic heterocycles. The van der Waals surface area contributed by atoms with Crippen LogP contribution in [-0.4, -0.2) is 42.3 Å². The first-order valence-electron chi connectivity index (χ1n) is 9.58. The molecule has 0 bridgehead atoms. The molecule has 0 radical (unpaired) electrons. The number of carbonyl (C=O) groups is 3. The summed E-state index contributed by atoms with van der Waals surface area (Å²) in [7, 11) is 1.34. The molecule has 0 aromatic carbocycles. The van der Waals surface area contributed by atoms with Gasteiger partial charge in [0.25, 0.3) is 0 Å². The molecule has 5 heteroatoms. The van der Waals surface area contributed by atoms with Crippen LogP contribution >= 0.6 is 0 Å². The van der Waals surface area contributed by atoms with E-state index in [0.29, 0.717) is 18.9 Å². The molecule has 0 heterocycles. The summed E-state index contributed by atoms with van der Waals surface area (Å²) in [6.45, 7) is 12.2. The lowest BCUT2D eigenvalue weighted by Gasteiger charge is -2.32. The minimum Gasteiger partial charge on any atom is -0.467 e. The van der Waals surface area contributed by atoms with Gasteiger partial charge in [-0.3, -0.25) is 9.59 Å². The Morgan fingerprint density at radius 1 is 1.04 bits per heavy atom. The Morgan fingerprint density at radius 3 is 2.12 bits per heavy atom. The highest BCUT2D eigenvalue weighted by Gasteiger charge is 2.31. The van der Waals surface area contributed by atoms with E-state index in [1.54, 1.807) is 4.90 Å². The van der Waals surface area contributed by atoms with Crippen molar-refractivity contribution in [2.45, 2.75) is 79.7 Å². The average molecular weight is 368 g/mol. The van der Waals surface area contributed by atoms with Crippen molar-refractivity contribution in [3.63, 3.8) is 0 Å². The summed E-state index contributed by atoms with van der Waals surface area (Å²) in [5.41, 5.74) is 1.30. The van der Waals surface area contributed by atoms with Gasteiger partial charge in [0.1, 0.15) is 11.8 Å². The molecule has 0 aliphatic carbocycles. The zero-order valence-electron chi connectivity index (χ0n) is 17.6. The fourth-order valence-electron chi connectivity index (χ4n) is 2.86. The first-order valence-corrected chi connectivity index (χ1v) is 9.58. The van der Waals surface area contributed by atoms with Gasteiger partial charge in [0, 0.05) is 6.54 Å². The SMILES string of the molecule is COC(=O)[C@H](CC(C)C)N(CCC(C)CCC=C(C)C)C(=O)CC(C)=O. The van der Waals surface area contributed by atoms with Gasteiger partial charge in [-0.1, -0.05) is 32.4 Å². The first-order chi connectivity index (χ1) is 12.1. The lowest BCUT2D eigenvalue weighted by atomic mass is 9.98. The number of hydrogen-bond acceptors (Lipinski definition) is 4. The molecule has 0 saturated heterocycles. The van der Waals surface area contributed by atoms with Crippen LogP contribution in [0.5, 0.6) is 0 Å². The number of ether oxygens (including phenoxy) is 1. The summed E-state index contributed by atoms with van der Waals surface area (Å²) in [6, 6.07) is -0.628. The molecule has 26 heavy (non-hydrogen) atoms. The number of ketones is 1. The summed E-state index contributed by atoms with van der Waals surface area (Å²) < 4.78 is 4.92. The second kappa shape index (κ2) is 12.7. The predicted octanol–water partition coefficient (Wildman–Crippen LogP) is 4.15. The van der Waals surface area contributed by atoms with Gasteiger partial charge in [0.2, 0.25) is 5.91 Å². The largest absolute Gasteiger partial charge is 0.467 e. The molecule has 0 aromatic rings. The van der Waals surface area contributed by atoms with Crippen LogP contribution in [0, 0.1) is 11.8 Å². The van der Waals surface area contributed by atoms with Crippen molar-refractivity contribution < 1.29 is 19.1 Å². The number of nitrogens with zero attached hydrogens (tertiary/aromatic N) is 1. The van der Waals surface area contributed by atoms with E-state index in [1.165, 1.54) is 19.6 Å². The molecule has 0 saturated carbocycles. The maximum atomic E-state index is 12.6. The van der Waals surface area contributed by atoms with Crippen molar-refractivity contribution in [3.05, 3.63) is 11.6 Å². The van der Waals surface area contributed by atoms with E-state index in [0.717, 1.165) is 19.3 Å². The minimum absolute atomic E-state index is 0.169. The third kappa shape index (κ3) is 10.4. The second-order valence-corrected chi connectivity index (χ2v) is 7.89. The monoisotopic (exact) mass is 367 g/mol. The predicted molar refractivity (Wildman–Crippen MR) is 105 cm³/mol. The van der Waals surface area contributed by atoms with E-state index >= 15 is 0 Å². The highest BCUT2D eigenvalue weighted by Crippen LogP contribution is 2.19. The Morgan fingerprint density at radius 2 is 1.65 bits per heavy atom. The smallest absolute Gasteiger partial charge is 0.328 e. The molecular weight excluding hydrogens is 330 g/mol. The van der Waals surface area contributed by atoms with Crippen LogP contribution in [0.25, 0.3) is 0 Å².